The minimum atomic E-state index is -3.76. The lowest BCUT2D eigenvalue weighted by Gasteiger charge is -2.31. The zero-order valence-electron chi connectivity index (χ0n) is 17.2. The van der Waals surface area contributed by atoms with E-state index in [1.54, 1.807) is 19.1 Å². The van der Waals surface area contributed by atoms with Gasteiger partial charge in [-0.05, 0) is 50.5 Å². The Balaban J connectivity index is 1.65. The van der Waals surface area contributed by atoms with E-state index in [2.05, 4.69) is 5.32 Å². The lowest BCUT2D eigenvalue weighted by Crippen LogP contribution is -2.43. The second-order valence-electron chi connectivity index (χ2n) is 7.34. The Hall–Kier alpha value is -2.09. The molecule has 1 atom stereocenters. The van der Waals surface area contributed by atoms with Gasteiger partial charge in [-0.3, -0.25) is 4.79 Å². The van der Waals surface area contributed by atoms with Crippen LogP contribution >= 0.6 is 11.6 Å². The van der Waals surface area contributed by atoms with E-state index in [0.29, 0.717) is 30.2 Å². The fourth-order valence-corrected chi connectivity index (χ4v) is 5.48. The van der Waals surface area contributed by atoms with Crippen molar-refractivity contribution in [3.8, 4) is 5.75 Å². The maximum atomic E-state index is 13.2. The fraction of sp³-hybridized carbons (Fsp3) is 0.409. The van der Waals surface area contributed by atoms with Gasteiger partial charge in [0.05, 0.1) is 12.6 Å². The van der Waals surface area contributed by atoms with Crippen LogP contribution in [0.2, 0.25) is 5.02 Å². The molecule has 1 fully saturated rings. The van der Waals surface area contributed by atoms with Gasteiger partial charge in [0.15, 0.2) is 0 Å². The quantitative estimate of drug-likeness (QED) is 0.691. The zero-order chi connectivity index (χ0) is 21.7. The minimum absolute atomic E-state index is 0.0406. The predicted molar refractivity (Wildman–Crippen MR) is 117 cm³/mol. The number of hydrogen-bond acceptors (Lipinski definition) is 4. The van der Waals surface area contributed by atoms with Crippen LogP contribution < -0.4 is 10.1 Å². The molecule has 1 aliphatic rings. The maximum Gasteiger partial charge on any atom is 0.246 e. The number of hydrogen-bond donors (Lipinski definition) is 1. The van der Waals surface area contributed by atoms with Crippen LogP contribution in [0, 0.1) is 5.92 Å². The standard InChI is InChI=1S/C22H27ClN2O4S/c1-3-29-20-10-9-19(23)15-21(20)30(27,28)25-13-11-18(12-14-25)22(26)24-16(2)17-7-5-4-6-8-17/h4-10,15-16,18H,3,11-14H2,1-2H3,(H,24,26)/t16-/m0/s1. The van der Waals surface area contributed by atoms with Crippen LogP contribution in [0.1, 0.15) is 38.3 Å². The van der Waals surface area contributed by atoms with Gasteiger partial charge in [-0.25, -0.2) is 8.42 Å². The molecule has 2 aromatic carbocycles. The van der Waals surface area contributed by atoms with E-state index in [0.717, 1.165) is 5.56 Å². The molecule has 30 heavy (non-hydrogen) atoms. The summed E-state index contributed by atoms with van der Waals surface area (Å²) in [5.74, 6) is 0.0351. The minimum Gasteiger partial charge on any atom is -0.492 e. The summed E-state index contributed by atoms with van der Waals surface area (Å²) in [5.41, 5.74) is 1.04. The van der Waals surface area contributed by atoms with Gasteiger partial charge in [0.2, 0.25) is 15.9 Å². The fourth-order valence-electron chi connectivity index (χ4n) is 3.61. The first-order valence-corrected chi connectivity index (χ1v) is 11.9. The third-order valence-corrected chi connectivity index (χ3v) is 7.46. The molecule has 162 valence electrons. The van der Waals surface area contributed by atoms with Gasteiger partial charge < -0.3 is 10.1 Å². The van der Waals surface area contributed by atoms with E-state index in [1.807, 2.05) is 37.3 Å². The van der Waals surface area contributed by atoms with Crippen LogP contribution in [0.4, 0.5) is 0 Å². The number of benzene rings is 2. The highest BCUT2D eigenvalue weighted by atomic mass is 35.5. The molecular formula is C22H27ClN2O4S. The van der Waals surface area contributed by atoms with Crippen molar-refractivity contribution in [2.24, 2.45) is 5.92 Å². The predicted octanol–water partition coefficient (Wildman–Crippen LogP) is 4.02. The smallest absolute Gasteiger partial charge is 0.246 e. The van der Waals surface area contributed by atoms with E-state index in [9.17, 15) is 13.2 Å². The van der Waals surface area contributed by atoms with E-state index in [1.165, 1.54) is 10.4 Å². The van der Waals surface area contributed by atoms with Gasteiger partial charge >= 0.3 is 0 Å². The lowest BCUT2D eigenvalue weighted by atomic mass is 9.96. The Bertz CT molecular complexity index is 974. The Morgan fingerprint density at radius 3 is 2.50 bits per heavy atom. The van der Waals surface area contributed by atoms with Crippen LogP contribution in [0.3, 0.4) is 0 Å². The Labute approximate surface area is 183 Å². The number of piperidine rings is 1. The second kappa shape index (κ2) is 9.81. The van der Waals surface area contributed by atoms with Crippen LogP contribution in [0.15, 0.2) is 53.4 Å². The summed E-state index contributed by atoms with van der Waals surface area (Å²) in [4.78, 5) is 12.7. The normalized spacial score (nSPS) is 16.8. The summed E-state index contributed by atoms with van der Waals surface area (Å²) in [6.07, 6.45) is 0.939. The van der Waals surface area contributed by atoms with Gasteiger partial charge in [-0.1, -0.05) is 41.9 Å². The summed E-state index contributed by atoms with van der Waals surface area (Å²) in [6.45, 7) is 4.65. The van der Waals surface area contributed by atoms with E-state index < -0.39 is 10.0 Å². The number of nitrogens with one attached hydrogen (secondary N) is 1. The highest BCUT2D eigenvalue weighted by Gasteiger charge is 2.34. The van der Waals surface area contributed by atoms with Crippen LogP contribution in [-0.2, 0) is 14.8 Å². The molecule has 1 N–H and O–H groups in total. The van der Waals surface area contributed by atoms with E-state index >= 15 is 0 Å². The summed E-state index contributed by atoms with van der Waals surface area (Å²) in [6, 6.07) is 14.3. The van der Waals surface area contributed by atoms with Crippen molar-refractivity contribution in [3.63, 3.8) is 0 Å². The summed E-state index contributed by atoms with van der Waals surface area (Å²) >= 11 is 6.03. The summed E-state index contributed by atoms with van der Waals surface area (Å²) < 4.78 is 33.2. The van der Waals surface area contributed by atoms with Crippen LogP contribution in [0.5, 0.6) is 5.75 Å². The molecule has 8 heteroatoms. The van der Waals surface area contributed by atoms with E-state index in [-0.39, 0.29) is 35.9 Å². The average molecular weight is 451 g/mol. The van der Waals surface area contributed by atoms with E-state index in [4.69, 9.17) is 16.3 Å². The number of rotatable bonds is 7. The van der Waals surface area contributed by atoms with Crippen molar-refractivity contribution >= 4 is 27.5 Å². The number of carbonyl (C=O) groups excluding carboxylic acids is 1. The van der Waals surface area contributed by atoms with Crippen molar-refractivity contribution < 1.29 is 17.9 Å². The van der Waals surface area contributed by atoms with Crippen molar-refractivity contribution in [2.45, 2.75) is 37.6 Å². The van der Waals surface area contributed by atoms with Crippen molar-refractivity contribution in [3.05, 3.63) is 59.1 Å². The highest BCUT2D eigenvalue weighted by molar-refractivity contribution is 7.89. The number of halogens is 1. The van der Waals surface area contributed by atoms with Crippen molar-refractivity contribution in [1.82, 2.24) is 9.62 Å². The van der Waals surface area contributed by atoms with Gasteiger partial charge in [-0.15, -0.1) is 0 Å². The molecular weight excluding hydrogens is 424 g/mol. The first-order valence-electron chi connectivity index (χ1n) is 10.1. The maximum absolute atomic E-state index is 13.2. The van der Waals surface area contributed by atoms with Crippen LogP contribution in [0.25, 0.3) is 0 Å². The molecule has 2 aromatic rings. The number of sulfonamides is 1. The molecule has 1 aliphatic heterocycles. The molecule has 0 unspecified atom stereocenters. The molecule has 0 spiro atoms. The summed E-state index contributed by atoms with van der Waals surface area (Å²) in [5, 5.41) is 3.37. The average Bonchev–Trinajstić information content (AvgIpc) is 2.75. The molecule has 1 heterocycles. The SMILES string of the molecule is CCOc1ccc(Cl)cc1S(=O)(=O)N1CCC(C(=O)N[C@@H](C)c2ccccc2)CC1. The van der Waals surface area contributed by atoms with Gasteiger partial charge in [0.25, 0.3) is 0 Å². The van der Waals surface area contributed by atoms with Gasteiger partial charge in [-0.2, -0.15) is 4.31 Å². The van der Waals surface area contributed by atoms with Gasteiger partial charge in [0.1, 0.15) is 10.6 Å². The first kappa shape index (κ1) is 22.6. The molecule has 0 bridgehead atoms. The third kappa shape index (κ3) is 5.14. The first-order chi connectivity index (χ1) is 14.3. The molecule has 0 saturated carbocycles. The lowest BCUT2D eigenvalue weighted by molar-refractivity contribution is -0.126. The molecule has 6 nitrogen and oxygen atoms in total. The highest BCUT2D eigenvalue weighted by Crippen LogP contribution is 2.32. The number of nitrogens with zero attached hydrogens (tertiary/aromatic N) is 1. The number of amides is 1. The Morgan fingerprint density at radius 1 is 1.20 bits per heavy atom. The Kier molecular flexibility index (Phi) is 7.39. The molecule has 0 aliphatic carbocycles. The Morgan fingerprint density at radius 2 is 1.87 bits per heavy atom. The molecule has 1 saturated heterocycles. The number of carbonyl (C=O) groups is 1. The molecule has 0 radical (unpaired) electrons. The molecule has 0 aromatic heterocycles. The zero-order valence-corrected chi connectivity index (χ0v) is 18.7. The van der Waals surface area contributed by atoms with Gasteiger partial charge in [0, 0.05) is 24.0 Å². The number of ether oxygens (including phenoxy) is 1. The largest absolute Gasteiger partial charge is 0.492 e. The van der Waals surface area contributed by atoms with Crippen LogP contribution in [-0.4, -0.2) is 38.3 Å². The third-order valence-electron chi connectivity index (χ3n) is 5.31. The topological polar surface area (TPSA) is 75.7 Å². The second-order valence-corrected chi connectivity index (χ2v) is 9.69. The summed E-state index contributed by atoms with van der Waals surface area (Å²) in [7, 11) is -3.76. The molecule has 1 amide bonds. The van der Waals surface area contributed by atoms with Crippen molar-refractivity contribution in [1.29, 1.82) is 0 Å². The molecule has 3 rings (SSSR count). The van der Waals surface area contributed by atoms with Crippen molar-refractivity contribution in [2.75, 3.05) is 19.7 Å². The monoisotopic (exact) mass is 450 g/mol.